The standard InChI is InChI=1S/C16H20F3N3O3.ClH/c1-10-2-3-11(13(23)21-9-16(17,18)19)8-12(10)22-14(24)15(20)4-6-25-7-5-15;/h2-3,8H,4-7,9,20H2,1H3,(H,21,23)(H,22,24);1H. The van der Waals surface area contributed by atoms with Crippen molar-refractivity contribution in [3.8, 4) is 0 Å². The summed E-state index contributed by atoms with van der Waals surface area (Å²) in [5.41, 5.74) is 6.04. The van der Waals surface area contributed by atoms with E-state index in [-0.39, 0.29) is 18.0 Å². The van der Waals surface area contributed by atoms with Gasteiger partial charge in [-0.25, -0.2) is 0 Å². The number of aryl methyl sites for hydroxylation is 1. The van der Waals surface area contributed by atoms with Crippen LogP contribution in [0.1, 0.15) is 28.8 Å². The van der Waals surface area contributed by atoms with E-state index in [1.165, 1.54) is 12.1 Å². The van der Waals surface area contributed by atoms with E-state index < -0.39 is 30.1 Å². The van der Waals surface area contributed by atoms with Crippen molar-refractivity contribution in [2.45, 2.75) is 31.5 Å². The van der Waals surface area contributed by atoms with Gasteiger partial charge in [0.1, 0.15) is 12.1 Å². The number of amides is 2. The SMILES string of the molecule is Cc1ccc(C(=O)NCC(F)(F)F)cc1NC(=O)C1(N)CCOCC1.Cl. The number of rotatable bonds is 4. The number of alkyl halides is 3. The lowest BCUT2D eigenvalue weighted by molar-refractivity contribution is -0.124. The van der Waals surface area contributed by atoms with Crippen molar-refractivity contribution in [3.05, 3.63) is 29.3 Å². The fourth-order valence-electron chi connectivity index (χ4n) is 2.39. The summed E-state index contributed by atoms with van der Waals surface area (Å²) in [5.74, 6) is -1.28. The van der Waals surface area contributed by atoms with Crippen molar-refractivity contribution < 1.29 is 27.5 Å². The van der Waals surface area contributed by atoms with Gasteiger partial charge in [0.2, 0.25) is 5.91 Å². The van der Waals surface area contributed by atoms with E-state index in [0.717, 1.165) is 0 Å². The average molecular weight is 396 g/mol. The van der Waals surface area contributed by atoms with Crippen LogP contribution in [-0.2, 0) is 9.53 Å². The Morgan fingerprint density at radius 1 is 1.27 bits per heavy atom. The lowest BCUT2D eigenvalue weighted by Crippen LogP contribution is -2.54. The third kappa shape index (κ3) is 5.86. The van der Waals surface area contributed by atoms with Crippen LogP contribution in [0, 0.1) is 6.92 Å². The zero-order valence-corrected chi connectivity index (χ0v) is 14.9. The van der Waals surface area contributed by atoms with E-state index >= 15 is 0 Å². The first-order valence-electron chi connectivity index (χ1n) is 7.74. The number of benzene rings is 1. The summed E-state index contributed by atoms with van der Waals surface area (Å²) < 4.78 is 41.8. The molecule has 0 bridgehead atoms. The maximum atomic E-state index is 12.4. The molecule has 6 nitrogen and oxygen atoms in total. The molecule has 0 aromatic heterocycles. The highest BCUT2D eigenvalue weighted by molar-refractivity contribution is 6.01. The summed E-state index contributed by atoms with van der Waals surface area (Å²) in [6, 6.07) is 4.27. The van der Waals surface area contributed by atoms with Crippen molar-refractivity contribution >= 4 is 29.9 Å². The molecule has 2 rings (SSSR count). The van der Waals surface area contributed by atoms with Gasteiger partial charge in [-0.3, -0.25) is 9.59 Å². The molecule has 1 saturated heterocycles. The van der Waals surface area contributed by atoms with Gasteiger partial charge in [0, 0.05) is 24.5 Å². The first-order valence-corrected chi connectivity index (χ1v) is 7.74. The van der Waals surface area contributed by atoms with Gasteiger partial charge in [-0.2, -0.15) is 13.2 Å². The van der Waals surface area contributed by atoms with Crippen LogP contribution >= 0.6 is 12.4 Å². The summed E-state index contributed by atoms with van der Waals surface area (Å²) in [4.78, 5) is 24.3. The molecular weight excluding hydrogens is 375 g/mol. The number of ether oxygens (including phenoxy) is 1. The molecule has 1 heterocycles. The van der Waals surface area contributed by atoms with Crippen LogP contribution in [0.15, 0.2) is 18.2 Å². The Hall–Kier alpha value is -1.84. The largest absolute Gasteiger partial charge is 0.405 e. The molecule has 146 valence electrons. The fourth-order valence-corrected chi connectivity index (χ4v) is 2.39. The van der Waals surface area contributed by atoms with Crippen LogP contribution in [0.4, 0.5) is 18.9 Å². The minimum atomic E-state index is -4.49. The Balaban J connectivity index is 0.00000338. The molecule has 0 spiro atoms. The first kappa shape index (κ1) is 22.2. The predicted molar refractivity (Wildman–Crippen MR) is 92.4 cm³/mol. The lowest BCUT2D eigenvalue weighted by atomic mass is 9.90. The van der Waals surface area contributed by atoms with Gasteiger partial charge in [-0.05, 0) is 37.5 Å². The molecular formula is C16H21ClF3N3O3. The number of halogens is 4. The summed E-state index contributed by atoms with van der Waals surface area (Å²) in [6.45, 7) is 1.04. The summed E-state index contributed by atoms with van der Waals surface area (Å²) in [6.07, 6.45) is -3.76. The molecule has 1 fully saturated rings. The third-order valence-electron chi connectivity index (χ3n) is 4.03. The van der Waals surface area contributed by atoms with Gasteiger partial charge in [-0.1, -0.05) is 6.07 Å². The molecule has 2 amide bonds. The quantitative estimate of drug-likeness (QED) is 0.728. The molecule has 1 aromatic carbocycles. The predicted octanol–water partition coefficient (Wildman–Crippen LogP) is 2.16. The molecule has 4 N–H and O–H groups in total. The number of carbonyl (C=O) groups is 2. The van der Waals surface area contributed by atoms with Gasteiger partial charge in [-0.15, -0.1) is 12.4 Å². The second-order valence-corrected chi connectivity index (χ2v) is 6.05. The minimum Gasteiger partial charge on any atom is -0.381 e. The Morgan fingerprint density at radius 3 is 2.46 bits per heavy atom. The number of hydrogen-bond donors (Lipinski definition) is 3. The monoisotopic (exact) mass is 395 g/mol. The maximum absolute atomic E-state index is 12.4. The normalized spacial score (nSPS) is 16.3. The number of hydrogen-bond acceptors (Lipinski definition) is 4. The fraction of sp³-hybridized carbons (Fsp3) is 0.500. The lowest BCUT2D eigenvalue weighted by Gasteiger charge is -2.32. The number of carbonyl (C=O) groups excluding carboxylic acids is 2. The Kier molecular flexibility index (Phi) is 7.43. The molecule has 0 unspecified atom stereocenters. The van der Waals surface area contributed by atoms with Crippen molar-refractivity contribution in [1.29, 1.82) is 0 Å². The van der Waals surface area contributed by atoms with Crippen LogP contribution in [0.3, 0.4) is 0 Å². The molecule has 1 aliphatic rings. The molecule has 0 aliphatic carbocycles. The van der Waals surface area contributed by atoms with Crippen LogP contribution in [0.2, 0.25) is 0 Å². The summed E-state index contributed by atoms with van der Waals surface area (Å²) in [7, 11) is 0. The first-order chi connectivity index (χ1) is 11.6. The topological polar surface area (TPSA) is 93.5 Å². The van der Waals surface area contributed by atoms with Gasteiger partial charge >= 0.3 is 6.18 Å². The highest BCUT2D eigenvalue weighted by atomic mass is 35.5. The van der Waals surface area contributed by atoms with Gasteiger partial charge < -0.3 is 21.1 Å². The molecule has 26 heavy (non-hydrogen) atoms. The van der Waals surface area contributed by atoms with Crippen LogP contribution in [-0.4, -0.2) is 43.3 Å². The Morgan fingerprint density at radius 2 is 1.88 bits per heavy atom. The number of nitrogens with one attached hydrogen (secondary N) is 2. The van der Waals surface area contributed by atoms with E-state index in [0.29, 0.717) is 37.3 Å². The number of nitrogens with two attached hydrogens (primary N) is 1. The van der Waals surface area contributed by atoms with Gasteiger partial charge in [0.25, 0.3) is 5.91 Å². The average Bonchev–Trinajstić information content (AvgIpc) is 2.54. The maximum Gasteiger partial charge on any atom is 0.405 e. The van der Waals surface area contributed by atoms with Crippen LogP contribution < -0.4 is 16.4 Å². The highest BCUT2D eigenvalue weighted by Gasteiger charge is 2.36. The molecule has 10 heteroatoms. The van der Waals surface area contributed by atoms with Crippen molar-refractivity contribution in [3.63, 3.8) is 0 Å². The second-order valence-electron chi connectivity index (χ2n) is 6.05. The molecule has 1 aromatic rings. The molecule has 0 radical (unpaired) electrons. The van der Waals surface area contributed by atoms with Crippen molar-refractivity contribution in [2.24, 2.45) is 5.73 Å². The van der Waals surface area contributed by atoms with Crippen molar-refractivity contribution in [1.82, 2.24) is 5.32 Å². The highest BCUT2D eigenvalue weighted by Crippen LogP contribution is 2.23. The van der Waals surface area contributed by atoms with Gasteiger partial charge in [0.15, 0.2) is 0 Å². The molecule has 1 aliphatic heterocycles. The van der Waals surface area contributed by atoms with Crippen LogP contribution in [0.5, 0.6) is 0 Å². The van der Waals surface area contributed by atoms with E-state index in [1.807, 2.05) is 0 Å². The number of anilines is 1. The van der Waals surface area contributed by atoms with E-state index in [4.69, 9.17) is 10.5 Å². The van der Waals surface area contributed by atoms with E-state index in [1.54, 1.807) is 18.3 Å². The molecule has 0 atom stereocenters. The second kappa shape index (κ2) is 8.70. The summed E-state index contributed by atoms with van der Waals surface area (Å²) >= 11 is 0. The minimum absolute atomic E-state index is 0. The van der Waals surface area contributed by atoms with Crippen molar-refractivity contribution in [2.75, 3.05) is 25.1 Å². The van der Waals surface area contributed by atoms with Crippen LogP contribution in [0.25, 0.3) is 0 Å². The van der Waals surface area contributed by atoms with E-state index in [2.05, 4.69) is 5.32 Å². The Bertz CT molecular complexity index is 662. The zero-order chi connectivity index (χ0) is 18.7. The molecule has 0 saturated carbocycles. The Labute approximate surface area is 155 Å². The van der Waals surface area contributed by atoms with Gasteiger partial charge in [0.05, 0.1) is 0 Å². The summed E-state index contributed by atoms with van der Waals surface area (Å²) in [5, 5.41) is 4.46. The smallest absolute Gasteiger partial charge is 0.381 e. The van der Waals surface area contributed by atoms with E-state index in [9.17, 15) is 22.8 Å². The zero-order valence-electron chi connectivity index (χ0n) is 14.1. The third-order valence-corrected chi connectivity index (χ3v) is 4.03.